The van der Waals surface area contributed by atoms with E-state index in [0.717, 1.165) is 24.4 Å². The van der Waals surface area contributed by atoms with Gasteiger partial charge in [0.2, 0.25) is 5.91 Å². The summed E-state index contributed by atoms with van der Waals surface area (Å²) >= 11 is 1.71. The van der Waals surface area contributed by atoms with E-state index in [1.807, 2.05) is 31.2 Å². The number of hydrogen-bond acceptors (Lipinski definition) is 5. The second-order valence-corrected chi connectivity index (χ2v) is 8.44. The maximum atomic E-state index is 12.8. The predicted molar refractivity (Wildman–Crippen MR) is 121 cm³/mol. The van der Waals surface area contributed by atoms with E-state index in [1.165, 1.54) is 21.6 Å². The molecule has 0 saturated heterocycles. The number of amides is 1. The van der Waals surface area contributed by atoms with Crippen molar-refractivity contribution in [2.75, 3.05) is 32.6 Å². The molecule has 1 aliphatic heterocycles. The molecule has 1 atom stereocenters. The quantitative estimate of drug-likeness (QED) is 0.628. The minimum Gasteiger partial charge on any atom is -0.493 e. The largest absolute Gasteiger partial charge is 0.493 e. The van der Waals surface area contributed by atoms with Gasteiger partial charge in [0.15, 0.2) is 11.5 Å². The summed E-state index contributed by atoms with van der Waals surface area (Å²) in [5.41, 5.74) is 4.40. The topological polar surface area (TPSA) is 50.8 Å². The number of benzene rings is 2. The Morgan fingerprint density at radius 3 is 2.53 bits per heavy atom. The van der Waals surface area contributed by atoms with E-state index < -0.39 is 0 Å². The molecule has 6 heteroatoms. The van der Waals surface area contributed by atoms with Gasteiger partial charge in [-0.3, -0.25) is 9.69 Å². The first-order chi connectivity index (χ1) is 14.6. The molecule has 0 radical (unpaired) electrons. The van der Waals surface area contributed by atoms with Crippen LogP contribution in [0.3, 0.4) is 0 Å². The minimum absolute atomic E-state index is 0.00987. The fourth-order valence-corrected chi connectivity index (χ4v) is 4.85. The Kier molecular flexibility index (Phi) is 6.06. The number of methoxy groups -OCH3 is 2. The van der Waals surface area contributed by atoms with Crippen LogP contribution < -0.4 is 14.8 Å². The number of thiophene rings is 1. The van der Waals surface area contributed by atoms with E-state index in [1.54, 1.807) is 25.6 Å². The van der Waals surface area contributed by atoms with Crippen molar-refractivity contribution < 1.29 is 14.3 Å². The number of anilines is 1. The van der Waals surface area contributed by atoms with Crippen LogP contribution in [0.15, 0.2) is 53.9 Å². The highest BCUT2D eigenvalue weighted by molar-refractivity contribution is 7.10. The normalized spacial score (nSPS) is 16.0. The summed E-state index contributed by atoms with van der Waals surface area (Å²) in [6.07, 6.45) is 0.857. The molecule has 0 saturated carbocycles. The van der Waals surface area contributed by atoms with Crippen LogP contribution >= 0.6 is 11.3 Å². The summed E-state index contributed by atoms with van der Waals surface area (Å²) in [5.74, 6) is 1.44. The van der Waals surface area contributed by atoms with Gasteiger partial charge in [-0.25, -0.2) is 0 Å². The van der Waals surface area contributed by atoms with E-state index in [0.29, 0.717) is 12.3 Å². The van der Waals surface area contributed by atoms with Gasteiger partial charge in [0, 0.05) is 17.1 Å². The third-order valence-corrected chi connectivity index (χ3v) is 6.39. The first kappa shape index (κ1) is 20.4. The molecule has 0 bridgehead atoms. The molecule has 1 aromatic heterocycles. The highest BCUT2D eigenvalue weighted by Crippen LogP contribution is 2.42. The molecule has 5 nitrogen and oxygen atoms in total. The lowest BCUT2D eigenvalue weighted by atomic mass is 9.91. The summed E-state index contributed by atoms with van der Waals surface area (Å²) in [4.78, 5) is 16.3. The Labute approximate surface area is 181 Å². The monoisotopic (exact) mass is 422 g/mol. The molecule has 156 valence electrons. The lowest BCUT2D eigenvalue weighted by Crippen LogP contribution is -2.40. The Bertz CT molecular complexity index is 1020. The molecule has 1 aliphatic rings. The van der Waals surface area contributed by atoms with Crippen LogP contribution in [0, 0.1) is 6.92 Å². The molecule has 0 spiro atoms. The number of rotatable bonds is 6. The minimum atomic E-state index is -0.00987. The van der Waals surface area contributed by atoms with Gasteiger partial charge in [0.05, 0.1) is 26.8 Å². The van der Waals surface area contributed by atoms with Gasteiger partial charge < -0.3 is 14.8 Å². The molecule has 2 heterocycles. The van der Waals surface area contributed by atoms with Gasteiger partial charge in [0.25, 0.3) is 0 Å². The lowest BCUT2D eigenvalue weighted by molar-refractivity contribution is -0.117. The van der Waals surface area contributed by atoms with Crippen molar-refractivity contribution in [2.24, 2.45) is 0 Å². The maximum absolute atomic E-state index is 12.8. The Hall–Kier alpha value is -2.83. The van der Waals surface area contributed by atoms with Gasteiger partial charge >= 0.3 is 0 Å². The maximum Gasteiger partial charge on any atom is 0.238 e. The fraction of sp³-hybridized carbons (Fsp3) is 0.292. The van der Waals surface area contributed by atoms with Crippen molar-refractivity contribution in [2.45, 2.75) is 19.4 Å². The van der Waals surface area contributed by atoms with Crippen molar-refractivity contribution in [3.8, 4) is 11.5 Å². The predicted octanol–water partition coefficient (Wildman–Crippen LogP) is 4.66. The molecule has 1 N–H and O–H groups in total. The van der Waals surface area contributed by atoms with Gasteiger partial charge in [-0.1, -0.05) is 23.8 Å². The molecule has 3 aromatic rings. The third-order valence-electron chi connectivity index (χ3n) is 5.47. The number of hydrogen-bond donors (Lipinski definition) is 1. The molecule has 0 fully saturated rings. The molecule has 0 unspecified atom stereocenters. The molecule has 4 rings (SSSR count). The summed E-state index contributed by atoms with van der Waals surface area (Å²) in [5, 5.41) is 5.10. The highest BCUT2D eigenvalue weighted by atomic mass is 32.1. The standard InChI is InChI=1S/C24H26N2O3S/c1-16-6-8-18(9-7-16)25-23(27)15-26-11-10-17-13-20(28-2)21(29-3)14-19(17)24(26)22-5-4-12-30-22/h4-9,12-14,24H,10-11,15H2,1-3H3,(H,25,27)/t24-/m1/s1. The van der Waals surface area contributed by atoms with Crippen molar-refractivity contribution in [1.82, 2.24) is 4.90 Å². The first-order valence-corrected chi connectivity index (χ1v) is 10.9. The van der Waals surface area contributed by atoms with Gasteiger partial charge in [-0.15, -0.1) is 11.3 Å². The van der Waals surface area contributed by atoms with Gasteiger partial charge in [-0.2, -0.15) is 0 Å². The van der Waals surface area contributed by atoms with E-state index >= 15 is 0 Å². The van der Waals surface area contributed by atoms with Crippen molar-refractivity contribution in [3.63, 3.8) is 0 Å². The van der Waals surface area contributed by atoms with Gasteiger partial charge in [0.1, 0.15) is 0 Å². The second kappa shape index (κ2) is 8.90. The average molecular weight is 423 g/mol. The zero-order chi connectivity index (χ0) is 21.1. The average Bonchev–Trinajstić information content (AvgIpc) is 3.28. The first-order valence-electron chi connectivity index (χ1n) is 9.98. The zero-order valence-corrected chi connectivity index (χ0v) is 18.3. The van der Waals surface area contributed by atoms with Crippen LogP contribution in [0.25, 0.3) is 0 Å². The molecular formula is C24H26N2O3S. The van der Waals surface area contributed by atoms with Crippen molar-refractivity contribution in [3.05, 3.63) is 75.5 Å². The number of aryl methyl sites for hydroxylation is 1. The van der Waals surface area contributed by atoms with Crippen LogP contribution in [0.4, 0.5) is 5.69 Å². The molecule has 1 amide bonds. The second-order valence-electron chi connectivity index (χ2n) is 7.46. The molecule has 30 heavy (non-hydrogen) atoms. The van der Waals surface area contributed by atoms with E-state index in [4.69, 9.17) is 9.47 Å². The highest BCUT2D eigenvalue weighted by Gasteiger charge is 2.32. The smallest absolute Gasteiger partial charge is 0.238 e. The Morgan fingerprint density at radius 1 is 1.13 bits per heavy atom. The van der Waals surface area contributed by atoms with Crippen LogP contribution in [0.1, 0.15) is 27.6 Å². The van der Waals surface area contributed by atoms with Crippen LogP contribution in [0.2, 0.25) is 0 Å². The van der Waals surface area contributed by atoms with Crippen molar-refractivity contribution >= 4 is 22.9 Å². The van der Waals surface area contributed by atoms with Crippen LogP contribution in [0.5, 0.6) is 11.5 Å². The van der Waals surface area contributed by atoms with Crippen LogP contribution in [-0.2, 0) is 11.2 Å². The summed E-state index contributed by atoms with van der Waals surface area (Å²) in [7, 11) is 3.31. The lowest BCUT2D eigenvalue weighted by Gasteiger charge is -2.37. The number of fused-ring (bicyclic) bond motifs is 1. The summed E-state index contributed by atoms with van der Waals surface area (Å²) in [6.45, 7) is 3.16. The fourth-order valence-electron chi connectivity index (χ4n) is 3.97. The number of nitrogens with one attached hydrogen (secondary N) is 1. The van der Waals surface area contributed by atoms with Crippen LogP contribution in [-0.4, -0.2) is 38.1 Å². The SMILES string of the molecule is COc1cc2c(cc1OC)[C@H](c1cccs1)N(CC(=O)Nc1ccc(C)cc1)CC2. The van der Waals surface area contributed by atoms with Gasteiger partial charge in [-0.05, 0) is 60.2 Å². The Morgan fingerprint density at radius 2 is 1.87 bits per heavy atom. The molecule has 2 aromatic carbocycles. The number of carbonyl (C=O) groups is 1. The number of carbonyl (C=O) groups excluding carboxylic acids is 1. The summed E-state index contributed by atoms with van der Waals surface area (Å²) in [6, 6.07) is 16.2. The number of ether oxygens (including phenoxy) is 2. The van der Waals surface area contributed by atoms with E-state index in [2.05, 4.69) is 39.9 Å². The summed E-state index contributed by atoms with van der Waals surface area (Å²) < 4.78 is 11.0. The zero-order valence-electron chi connectivity index (χ0n) is 17.5. The molecular weight excluding hydrogens is 396 g/mol. The number of nitrogens with zero attached hydrogens (tertiary/aromatic N) is 1. The van der Waals surface area contributed by atoms with E-state index in [9.17, 15) is 4.79 Å². The van der Waals surface area contributed by atoms with Crippen molar-refractivity contribution in [1.29, 1.82) is 0 Å². The molecule has 0 aliphatic carbocycles. The third kappa shape index (κ3) is 4.20. The van der Waals surface area contributed by atoms with E-state index in [-0.39, 0.29) is 11.9 Å². The Balaban J connectivity index is 1.62.